The third-order valence-corrected chi connectivity index (χ3v) is 7.23. The summed E-state index contributed by atoms with van der Waals surface area (Å²) < 4.78 is 38.0. The highest BCUT2D eigenvalue weighted by atomic mass is 32.2. The number of hydrogen-bond donors (Lipinski definition) is 0. The molecule has 2 aliphatic heterocycles. The predicted octanol–water partition coefficient (Wildman–Crippen LogP) is 0.974. The van der Waals surface area contributed by atoms with Crippen molar-refractivity contribution < 1.29 is 17.9 Å². The summed E-state index contributed by atoms with van der Waals surface area (Å²) in [5.41, 5.74) is 0. The number of morpholine rings is 1. The van der Waals surface area contributed by atoms with Crippen molar-refractivity contribution in [2.75, 3.05) is 39.1 Å². The molecule has 1 saturated carbocycles. The lowest BCUT2D eigenvalue weighted by molar-refractivity contribution is -0.0646. The van der Waals surface area contributed by atoms with Gasteiger partial charge in [-0.3, -0.25) is 4.90 Å². The average molecular weight is 381 g/mol. The normalized spacial score (nSPS) is 33.7. The van der Waals surface area contributed by atoms with E-state index in [9.17, 15) is 8.42 Å². The van der Waals surface area contributed by atoms with Crippen LogP contribution >= 0.6 is 0 Å². The quantitative estimate of drug-likeness (QED) is 0.774. The lowest BCUT2D eigenvalue weighted by atomic mass is 9.74. The third kappa shape index (κ3) is 3.74. The van der Waals surface area contributed by atoms with Crippen molar-refractivity contribution >= 4 is 10.0 Å². The molecule has 3 fully saturated rings. The number of aromatic nitrogens is 1. The standard InChI is InChI=1S/C18H27N3O4S/c1-26(22,23)21-13-17(25-18-4-2-3-7-19-18)15-12-14(21)5-6-16(15)20-8-10-24-11-9-20/h2-4,7,14-17H,5-6,8-13H2,1H3/t14-,15-,16+,17-/m0/s1. The zero-order chi connectivity index (χ0) is 18.1. The molecule has 8 heteroatoms. The van der Waals surface area contributed by atoms with Crippen molar-refractivity contribution in [1.82, 2.24) is 14.2 Å². The van der Waals surface area contributed by atoms with E-state index in [0.717, 1.165) is 45.6 Å². The SMILES string of the molecule is CS(=O)(=O)N1C[C@H](Oc2ccccn2)[C@H]2C[C@@H]1CC[C@H]2N1CCOCC1. The number of hydrogen-bond acceptors (Lipinski definition) is 6. The van der Waals surface area contributed by atoms with Gasteiger partial charge in [0.15, 0.2) is 0 Å². The molecule has 3 heterocycles. The fraction of sp³-hybridized carbons (Fsp3) is 0.722. The number of fused-ring (bicyclic) bond motifs is 2. The van der Waals surface area contributed by atoms with Crippen LogP contribution in [0, 0.1) is 5.92 Å². The van der Waals surface area contributed by atoms with E-state index in [1.54, 1.807) is 10.5 Å². The molecule has 4 rings (SSSR count). The molecule has 144 valence electrons. The van der Waals surface area contributed by atoms with Crippen LogP contribution < -0.4 is 4.74 Å². The maximum absolute atomic E-state index is 12.3. The van der Waals surface area contributed by atoms with Crippen LogP contribution in [0.15, 0.2) is 24.4 Å². The zero-order valence-electron chi connectivity index (χ0n) is 15.2. The molecule has 3 aliphatic rings. The van der Waals surface area contributed by atoms with Crippen LogP contribution in [0.2, 0.25) is 0 Å². The van der Waals surface area contributed by atoms with Crippen LogP contribution in [0.1, 0.15) is 19.3 Å². The van der Waals surface area contributed by atoms with Crippen LogP contribution in [0.25, 0.3) is 0 Å². The van der Waals surface area contributed by atoms with Crippen LogP contribution in [0.3, 0.4) is 0 Å². The third-order valence-electron chi connectivity index (χ3n) is 5.93. The Labute approximate surface area is 155 Å². The van der Waals surface area contributed by atoms with Gasteiger partial charge in [-0.2, -0.15) is 4.31 Å². The van der Waals surface area contributed by atoms with Gasteiger partial charge >= 0.3 is 0 Å². The largest absolute Gasteiger partial charge is 0.473 e. The van der Waals surface area contributed by atoms with E-state index in [4.69, 9.17) is 9.47 Å². The van der Waals surface area contributed by atoms with E-state index in [0.29, 0.717) is 24.4 Å². The Bertz CT molecular complexity index is 708. The molecule has 0 radical (unpaired) electrons. The fourth-order valence-electron chi connectivity index (χ4n) is 4.75. The fourth-order valence-corrected chi connectivity index (χ4v) is 5.91. The molecule has 26 heavy (non-hydrogen) atoms. The molecule has 1 aromatic rings. The molecular formula is C18H27N3O4S. The summed E-state index contributed by atoms with van der Waals surface area (Å²) in [4.78, 5) is 6.79. The van der Waals surface area contributed by atoms with Crippen molar-refractivity contribution in [3.8, 4) is 5.88 Å². The van der Waals surface area contributed by atoms with E-state index in [1.165, 1.54) is 6.26 Å². The van der Waals surface area contributed by atoms with Gasteiger partial charge in [0.1, 0.15) is 6.10 Å². The Kier molecular flexibility index (Phi) is 5.18. The average Bonchev–Trinajstić information content (AvgIpc) is 2.65. The molecule has 0 unspecified atom stereocenters. The zero-order valence-corrected chi connectivity index (χ0v) is 16.0. The van der Waals surface area contributed by atoms with Crippen molar-refractivity contribution in [2.24, 2.45) is 5.92 Å². The highest BCUT2D eigenvalue weighted by Gasteiger charge is 2.48. The van der Waals surface area contributed by atoms with Crippen LogP contribution in [-0.4, -0.2) is 79.9 Å². The summed E-state index contributed by atoms with van der Waals surface area (Å²) in [5, 5.41) is 0. The summed E-state index contributed by atoms with van der Waals surface area (Å²) in [5.74, 6) is 0.877. The smallest absolute Gasteiger partial charge is 0.213 e. The monoisotopic (exact) mass is 381 g/mol. The molecule has 1 aromatic heterocycles. The van der Waals surface area contributed by atoms with Crippen molar-refractivity contribution in [2.45, 2.75) is 37.5 Å². The first-order chi connectivity index (χ1) is 12.5. The molecule has 0 aromatic carbocycles. The number of sulfonamides is 1. The first-order valence-corrected chi connectivity index (χ1v) is 11.2. The second-order valence-corrected chi connectivity index (χ2v) is 9.44. The first-order valence-electron chi connectivity index (χ1n) is 9.38. The lowest BCUT2D eigenvalue weighted by Crippen LogP contribution is -2.62. The second-order valence-electron chi connectivity index (χ2n) is 7.50. The number of piperidine rings is 1. The van der Waals surface area contributed by atoms with Gasteiger partial charge in [-0.25, -0.2) is 13.4 Å². The highest BCUT2D eigenvalue weighted by Crippen LogP contribution is 2.40. The van der Waals surface area contributed by atoms with Crippen LogP contribution in [0.4, 0.5) is 0 Å². The summed E-state index contributed by atoms with van der Waals surface area (Å²) in [6, 6.07) is 6.09. The first kappa shape index (κ1) is 18.2. The van der Waals surface area contributed by atoms with Gasteiger partial charge in [0.25, 0.3) is 0 Å². The second kappa shape index (κ2) is 7.42. The lowest BCUT2D eigenvalue weighted by Gasteiger charge is -2.52. The Balaban J connectivity index is 1.58. The molecule has 0 amide bonds. The minimum atomic E-state index is -3.24. The summed E-state index contributed by atoms with van der Waals surface area (Å²) in [7, 11) is -3.24. The van der Waals surface area contributed by atoms with E-state index in [2.05, 4.69) is 9.88 Å². The van der Waals surface area contributed by atoms with Gasteiger partial charge < -0.3 is 9.47 Å². The number of pyridine rings is 1. The molecule has 0 spiro atoms. The van der Waals surface area contributed by atoms with E-state index >= 15 is 0 Å². The molecule has 1 aliphatic carbocycles. The van der Waals surface area contributed by atoms with Gasteiger partial charge in [0.2, 0.25) is 15.9 Å². The Morgan fingerprint density at radius 2 is 2.04 bits per heavy atom. The van der Waals surface area contributed by atoms with Crippen molar-refractivity contribution in [3.63, 3.8) is 0 Å². The number of ether oxygens (including phenoxy) is 2. The summed E-state index contributed by atoms with van der Waals surface area (Å²) >= 11 is 0. The van der Waals surface area contributed by atoms with Crippen molar-refractivity contribution in [3.05, 3.63) is 24.4 Å². The van der Waals surface area contributed by atoms with Crippen LogP contribution in [-0.2, 0) is 14.8 Å². The summed E-state index contributed by atoms with van der Waals surface area (Å²) in [6.45, 7) is 3.84. The molecule has 0 N–H and O–H groups in total. The Morgan fingerprint density at radius 3 is 2.73 bits per heavy atom. The molecular weight excluding hydrogens is 354 g/mol. The molecule has 2 saturated heterocycles. The highest BCUT2D eigenvalue weighted by molar-refractivity contribution is 7.88. The minimum absolute atomic E-state index is 0.0934. The number of rotatable bonds is 4. The topological polar surface area (TPSA) is 72.0 Å². The Hall–Kier alpha value is -1.22. The maximum atomic E-state index is 12.3. The van der Waals surface area contributed by atoms with E-state index in [-0.39, 0.29) is 12.1 Å². The Morgan fingerprint density at radius 1 is 1.23 bits per heavy atom. The molecule has 4 atom stereocenters. The van der Waals surface area contributed by atoms with Crippen LogP contribution in [0.5, 0.6) is 5.88 Å². The molecule has 7 nitrogen and oxygen atoms in total. The van der Waals surface area contributed by atoms with Gasteiger partial charge in [-0.1, -0.05) is 6.07 Å². The van der Waals surface area contributed by atoms with E-state index in [1.807, 2.05) is 18.2 Å². The molecule has 2 bridgehead atoms. The summed E-state index contributed by atoms with van der Waals surface area (Å²) in [6.07, 6.45) is 5.61. The van der Waals surface area contributed by atoms with Gasteiger partial charge in [-0.05, 0) is 25.3 Å². The van der Waals surface area contributed by atoms with Gasteiger partial charge in [-0.15, -0.1) is 0 Å². The van der Waals surface area contributed by atoms with Crippen molar-refractivity contribution in [1.29, 1.82) is 0 Å². The number of nitrogens with zero attached hydrogens (tertiary/aromatic N) is 3. The van der Waals surface area contributed by atoms with E-state index < -0.39 is 10.0 Å². The van der Waals surface area contributed by atoms with Gasteiger partial charge in [0.05, 0.1) is 26.0 Å². The van der Waals surface area contributed by atoms with Gasteiger partial charge in [0, 0.05) is 43.4 Å². The maximum Gasteiger partial charge on any atom is 0.213 e. The predicted molar refractivity (Wildman–Crippen MR) is 97.5 cm³/mol. The minimum Gasteiger partial charge on any atom is -0.473 e.